The molecule has 0 aliphatic carbocycles. The van der Waals surface area contributed by atoms with Crippen LogP contribution in [0.4, 0.5) is 0 Å². The standard InChI is InChI=1S/C15H27BrO2/c1-13(6-5-7-14(2)12-16)9-11-18-15-8-3-4-10-17-15/h7,13,15H,3-6,8-12H2,1-2H3/b14-7+. The molecule has 3 heteroatoms. The fourth-order valence-corrected chi connectivity index (χ4v) is 2.29. The molecule has 1 saturated heterocycles. The van der Waals surface area contributed by atoms with Gasteiger partial charge in [0.2, 0.25) is 0 Å². The molecule has 0 aromatic heterocycles. The quantitative estimate of drug-likeness (QED) is 0.478. The van der Waals surface area contributed by atoms with Gasteiger partial charge in [-0.2, -0.15) is 0 Å². The third-order valence-corrected chi connectivity index (χ3v) is 4.30. The molecule has 1 aliphatic rings. The Balaban J connectivity index is 2.00. The van der Waals surface area contributed by atoms with E-state index in [0.717, 1.165) is 37.3 Å². The summed E-state index contributed by atoms with van der Waals surface area (Å²) >= 11 is 3.47. The molecule has 1 fully saturated rings. The zero-order valence-corrected chi connectivity index (χ0v) is 13.4. The normalized spacial score (nSPS) is 23.1. The fourth-order valence-electron chi connectivity index (χ4n) is 2.06. The molecule has 1 aliphatic heterocycles. The van der Waals surface area contributed by atoms with Gasteiger partial charge < -0.3 is 9.47 Å². The van der Waals surface area contributed by atoms with Crippen molar-refractivity contribution >= 4 is 15.9 Å². The Morgan fingerprint density at radius 3 is 2.94 bits per heavy atom. The molecule has 0 bridgehead atoms. The Kier molecular flexibility index (Phi) is 8.99. The van der Waals surface area contributed by atoms with Crippen molar-refractivity contribution in [2.75, 3.05) is 18.5 Å². The Labute approximate surface area is 120 Å². The van der Waals surface area contributed by atoms with Crippen LogP contribution in [0.2, 0.25) is 0 Å². The highest BCUT2D eigenvalue weighted by Crippen LogP contribution is 2.16. The van der Waals surface area contributed by atoms with Crippen LogP contribution in [-0.4, -0.2) is 24.8 Å². The van der Waals surface area contributed by atoms with E-state index in [9.17, 15) is 0 Å². The maximum atomic E-state index is 5.76. The van der Waals surface area contributed by atoms with Crippen molar-refractivity contribution in [3.05, 3.63) is 11.6 Å². The lowest BCUT2D eigenvalue weighted by Gasteiger charge is -2.23. The van der Waals surface area contributed by atoms with Crippen LogP contribution in [-0.2, 0) is 9.47 Å². The molecule has 0 N–H and O–H groups in total. The molecule has 2 atom stereocenters. The van der Waals surface area contributed by atoms with Crippen LogP contribution in [0.15, 0.2) is 11.6 Å². The highest BCUT2D eigenvalue weighted by Gasteiger charge is 2.14. The predicted octanol–water partition coefficient (Wildman–Crippen LogP) is 4.68. The average Bonchev–Trinajstić information content (AvgIpc) is 2.39. The maximum absolute atomic E-state index is 5.76. The molecule has 0 aromatic rings. The number of hydrogen-bond donors (Lipinski definition) is 0. The van der Waals surface area contributed by atoms with E-state index in [1.165, 1.54) is 31.3 Å². The molecular weight excluding hydrogens is 292 g/mol. The summed E-state index contributed by atoms with van der Waals surface area (Å²) in [5.74, 6) is 0.730. The highest BCUT2D eigenvalue weighted by molar-refractivity contribution is 9.09. The minimum absolute atomic E-state index is 0.0708. The van der Waals surface area contributed by atoms with Crippen molar-refractivity contribution in [1.29, 1.82) is 0 Å². The maximum Gasteiger partial charge on any atom is 0.157 e. The smallest absolute Gasteiger partial charge is 0.157 e. The highest BCUT2D eigenvalue weighted by atomic mass is 79.9. The fraction of sp³-hybridized carbons (Fsp3) is 0.867. The first-order valence-electron chi connectivity index (χ1n) is 7.17. The second-order valence-corrected chi connectivity index (χ2v) is 5.88. The van der Waals surface area contributed by atoms with Crippen molar-refractivity contribution in [2.45, 2.75) is 58.7 Å². The summed E-state index contributed by atoms with van der Waals surface area (Å²) in [6, 6.07) is 0. The van der Waals surface area contributed by atoms with Crippen LogP contribution in [0.5, 0.6) is 0 Å². The molecule has 0 radical (unpaired) electrons. The number of hydrogen-bond acceptors (Lipinski definition) is 2. The lowest BCUT2D eigenvalue weighted by Crippen LogP contribution is -2.23. The van der Waals surface area contributed by atoms with Crippen LogP contribution in [0.25, 0.3) is 0 Å². The Bertz CT molecular complexity index is 235. The molecule has 0 aromatic carbocycles. The van der Waals surface area contributed by atoms with E-state index >= 15 is 0 Å². The van der Waals surface area contributed by atoms with E-state index in [-0.39, 0.29) is 6.29 Å². The number of halogens is 1. The van der Waals surface area contributed by atoms with Crippen LogP contribution in [0.1, 0.15) is 52.4 Å². The Morgan fingerprint density at radius 2 is 2.28 bits per heavy atom. The van der Waals surface area contributed by atoms with Crippen LogP contribution < -0.4 is 0 Å². The Morgan fingerprint density at radius 1 is 1.44 bits per heavy atom. The minimum atomic E-state index is 0.0708. The van der Waals surface area contributed by atoms with Gasteiger partial charge in [0.05, 0.1) is 0 Å². The second kappa shape index (κ2) is 9.99. The number of ether oxygens (including phenoxy) is 2. The van der Waals surface area contributed by atoms with Crippen molar-refractivity contribution in [3.8, 4) is 0 Å². The Hall–Kier alpha value is 0.140. The third kappa shape index (κ3) is 7.55. The zero-order valence-electron chi connectivity index (χ0n) is 11.8. The number of alkyl halides is 1. The summed E-state index contributed by atoms with van der Waals surface area (Å²) in [6.45, 7) is 6.19. The SMILES string of the molecule is C/C(=C\CCC(C)CCOC1CCCCO1)CBr. The lowest BCUT2D eigenvalue weighted by molar-refractivity contribution is -0.163. The van der Waals surface area contributed by atoms with Gasteiger partial charge >= 0.3 is 0 Å². The van der Waals surface area contributed by atoms with Crippen LogP contribution >= 0.6 is 15.9 Å². The van der Waals surface area contributed by atoms with Gasteiger partial charge in [-0.05, 0) is 51.4 Å². The van der Waals surface area contributed by atoms with E-state index in [1.54, 1.807) is 0 Å². The van der Waals surface area contributed by atoms with Gasteiger partial charge in [-0.25, -0.2) is 0 Å². The van der Waals surface area contributed by atoms with E-state index in [2.05, 4.69) is 35.9 Å². The van der Waals surface area contributed by atoms with E-state index in [0.29, 0.717) is 0 Å². The molecule has 2 unspecified atom stereocenters. The van der Waals surface area contributed by atoms with Crippen molar-refractivity contribution in [1.82, 2.24) is 0 Å². The van der Waals surface area contributed by atoms with Gasteiger partial charge in [0.25, 0.3) is 0 Å². The topological polar surface area (TPSA) is 18.5 Å². The van der Waals surface area contributed by atoms with Crippen LogP contribution in [0.3, 0.4) is 0 Å². The molecule has 0 spiro atoms. The largest absolute Gasteiger partial charge is 0.353 e. The van der Waals surface area contributed by atoms with E-state index < -0.39 is 0 Å². The van der Waals surface area contributed by atoms with E-state index in [1.807, 2.05) is 0 Å². The number of rotatable bonds is 8. The monoisotopic (exact) mass is 318 g/mol. The first-order chi connectivity index (χ1) is 8.72. The molecule has 0 saturated carbocycles. The van der Waals surface area contributed by atoms with Crippen molar-refractivity contribution in [3.63, 3.8) is 0 Å². The third-order valence-electron chi connectivity index (χ3n) is 3.42. The van der Waals surface area contributed by atoms with Gasteiger partial charge in [0.1, 0.15) is 0 Å². The lowest BCUT2D eigenvalue weighted by atomic mass is 10.0. The summed E-state index contributed by atoms with van der Waals surface area (Å²) in [5, 5.41) is 0.990. The molecule has 18 heavy (non-hydrogen) atoms. The first-order valence-corrected chi connectivity index (χ1v) is 8.29. The summed E-state index contributed by atoms with van der Waals surface area (Å²) in [7, 11) is 0. The molecule has 1 heterocycles. The summed E-state index contributed by atoms with van der Waals surface area (Å²) in [6.07, 6.45) is 9.48. The molecule has 0 amide bonds. The first kappa shape index (κ1) is 16.2. The van der Waals surface area contributed by atoms with Crippen molar-refractivity contribution in [2.24, 2.45) is 5.92 Å². The van der Waals surface area contributed by atoms with Gasteiger partial charge in [0, 0.05) is 18.5 Å². The van der Waals surface area contributed by atoms with Crippen molar-refractivity contribution < 1.29 is 9.47 Å². The molecular formula is C15H27BrO2. The minimum Gasteiger partial charge on any atom is -0.353 e. The molecule has 1 rings (SSSR count). The van der Waals surface area contributed by atoms with E-state index in [4.69, 9.17) is 9.47 Å². The molecule has 106 valence electrons. The number of allylic oxidation sites excluding steroid dienone is 2. The predicted molar refractivity (Wildman–Crippen MR) is 80.1 cm³/mol. The zero-order chi connectivity index (χ0) is 13.2. The van der Waals surface area contributed by atoms with Gasteiger partial charge in [-0.15, -0.1) is 0 Å². The van der Waals surface area contributed by atoms with Gasteiger partial charge in [-0.1, -0.05) is 34.5 Å². The van der Waals surface area contributed by atoms with Gasteiger partial charge in [-0.3, -0.25) is 0 Å². The molecule has 2 nitrogen and oxygen atoms in total. The summed E-state index contributed by atoms with van der Waals surface area (Å²) in [5.41, 5.74) is 1.43. The summed E-state index contributed by atoms with van der Waals surface area (Å²) in [4.78, 5) is 0. The average molecular weight is 319 g/mol. The van der Waals surface area contributed by atoms with Gasteiger partial charge in [0.15, 0.2) is 6.29 Å². The summed E-state index contributed by atoms with van der Waals surface area (Å²) < 4.78 is 11.3. The van der Waals surface area contributed by atoms with Crippen LogP contribution in [0, 0.1) is 5.92 Å². The second-order valence-electron chi connectivity index (χ2n) is 5.32.